The van der Waals surface area contributed by atoms with E-state index in [0.717, 1.165) is 22.3 Å². The van der Waals surface area contributed by atoms with Gasteiger partial charge in [-0.1, -0.05) is 66.7 Å². The lowest BCUT2D eigenvalue weighted by Gasteiger charge is -2.24. The molecule has 2 N–H and O–H groups in total. The van der Waals surface area contributed by atoms with Crippen LogP contribution in [0.3, 0.4) is 0 Å². The third-order valence-electron chi connectivity index (χ3n) is 5.43. The van der Waals surface area contributed by atoms with E-state index in [9.17, 15) is 14.4 Å². The van der Waals surface area contributed by atoms with Crippen LogP contribution in [0.4, 0.5) is 0 Å². The number of rotatable bonds is 6. The Bertz CT molecular complexity index is 1080. The highest BCUT2D eigenvalue weighted by atomic mass is 16.5. The van der Waals surface area contributed by atoms with Gasteiger partial charge in [0.25, 0.3) is 5.91 Å². The first-order valence-corrected chi connectivity index (χ1v) is 9.99. The van der Waals surface area contributed by atoms with Gasteiger partial charge in [0, 0.05) is 11.5 Å². The van der Waals surface area contributed by atoms with Gasteiger partial charge in [-0.25, -0.2) is 4.79 Å². The fraction of sp³-hybridized carbons (Fsp3) is 0.160. The molecule has 0 fully saturated rings. The summed E-state index contributed by atoms with van der Waals surface area (Å²) in [6.07, 6.45) is 0. The lowest BCUT2D eigenvalue weighted by molar-refractivity contribution is -0.145. The van der Waals surface area contributed by atoms with Gasteiger partial charge in [0.2, 0.25) is 5.91 Å². The second-order valence-corrected chi connectivity index (χ2v) is 7.27. The van der Waals surface area contributed by atoms with Crippen LogP contribution in [0.1, 0.15) is 27.4 Å². The summed E-state index contributed by atoms with van der Waals surface area (Å²) in [7, 11) is 1.30. The molecule has 6 heteroatoms. The van der Waals surface area contributed by atoms with Gasteiger partial charge in [-0.05, 0) is 34.4 Å². The van der Waals surface area contributed by atoms with E-state index >= 15 is 0 Å². The van der Waals surface area contributed by atoms with Gasteiger partial charge >= 0.3 is 5.97 Å². The van der Waals surface area contributed by atoms with Gasteiger partial charge in [-0.3, -0.25) is 9.59 Å². The van der Waals surface area contributed by atoms with Crippen LogP contribution in [0, 0.1) is 0 Å². The van der Waals surface area contributed by atoms with Crippen LogP contribution >= 0.6 is 0 Å². The molecule has 3 aromatic carbocycles. The van der Waals surface area contributed by atoms with E-state index in [0.29, 0.717) is 5.56 Å². The Kier molecular flexibility index (Phi) is 5.80. The molecule has 156 valence electrons. The fourth-order valence-electron chi connectivity index (χ4n) is 4.04. The molecule has 1 aliphatic carbocycles. The first-order chi connectivity index (χ1) is 15.1. The molecular weight excluding hydrogens is 392 g/mol. The number of fused-ring (bicyclic) bond motifs is 3. The molecule has 0 radical (unpaired) electrons. The SMILES string of the molecule is COC(=O)[C@H](NC(=O)CNC(=O)c1ccccc1)C1c2ccccc2-c2ccccc21. The van der Waals surface area contributed by atoms with Crippen LogP contribution in [0.25, 0.3) is 11.1 Å². The molecule has 1 aliphatic rings. The molecule has 1 atom stereocenters. The van der Waals surface area contributed by atoms with Crippen molar-refractivity contribution in [3.63, 3.8) is 0 Å². The number of hydrogen-bond acceptors (Lipinski definition) is 4. The zero-order chi connectivity index (χ0) is 21.8. The highest BCUT2D eigenvalue weighted by molar-refractivity contribution is 5.97. The molecular formula is C25H22N2O4. The van der Waals surface area contributed by atoms with Gasteiger partial charge in [0.05, 0.1) is 13.7 Å². The van der Waals surface area contributed by atoms with Crippen LogP contribution in [0.15, 0.2) is 78.9 Å². The van der Waals surface area contributed by atoms with E-state index in [2.05, 4.69) is 10.6 Å². The normalized spacial score (nSPS) is 12.9. The zero-order valence-corrected chi connectivity index (χ0v) is 17.0. The first kappa shape index (κ1) is 20.3. The van der Waals surface area contributed by atoms with Crippen LogP contribution in [-0.4, -0.2) is 37.5 Å². The van der Waals surface area contributed by atoms with Gasteiger partial charge in [0.1, 0.15) is 6.04 Å². The van der Waals surface area contributed by atoms with Crippen molar-refractivity contribution in [2.45, 2.75) is 12.0 Å². The number of ether oxygens (including phenoxy) is 1. The molecule has 3 aromatic rings. The maximum absolute atomic E-state index is 12.7. The number of hydrogen-bond donors (Lipinski definition) is 2. The molecule has 0 spiro atoms. The van der Waals surface area contributed by atoms with E-state index in [1.54, 1.807) is 24.3 Å². The highest BCUT2D eigenvalue weighted by Gasteiger charge is 2.39. The summed E-state index contributed by atoms with van der Waals surface area (Å²) in [4.78, 5) is 37.6. The molecule has 0 heterocycles. The Morgan fingerprint density at radius 1 is 0.839 bits per heavy atom. The number of benzene rings is 3. The average Bonchev–Trinajstić information content (AvgIpc) is 3.15. The minimum absolute atomic E-state index is 0.253. The van der Waals surface area contributed by atoms with E-state index < -0.39 is 17.9 Å². The topological polar surface area (TPSA) is 84.5 Å². The molecule has 0 unspecified atom stereocenters. The van der Waals surface area contributed by atoms with Crippen LogP contribution < -0.4 is 10.6 Å². The van der Waals surface area contributed by atoms with Crippen molar-refractivity contribution in [3.05, 3.63) is 95.6 Å². The summed E-state index contributed by atoms with van der Waals surface area (Å²) in [5.74, 6) is -1.75. The van der Waals surface area contributed by atoms with E-state index in [1.165, 1.54) is 7.11 Å². The van der Waals surface area contributed by atoms with E-state index in [4.69, 9.17) is 4.74 Å². The molecule has 2 amide bonds. The van der Waals surface area contributed by atoms with Crippen molar-refractivity contribution in [2.75, 3.05) is 13.7 Å². The van der Waals surface area contributed by atoms with Gasteiger partial charge < -0.3 is 15.4 Å². The third kappa shape index (κ3) is 4.05. The molecule has 31 heavy (non-hydrogen) atoms. The lowest BCUT2D eigenvalue weighted by atomic mass is 9.89. The van der Waals surface area contributed by atoms with Crippen molar-refractivity contribution >= 4 is 17.8 Å². The second-order valence-electron chi connectivity index (χ2n) is 7.27. The molecule has 6 nitrogen and oxygen atoms in total. The Morgan fingerprint density at radius 3 is 1.97 bits per heavy atom. The number of amides is 2. The molecule has 0 aliphatic heterocycles. The number of carbonyl (C=O) groups excluding carboxylic acids is 3. The van der Waals surface area contributed by atoms with Crippen LogP contribution in [-0.2, 0) is 14.3 Å². The van der Waals surface area contributed by atoms with E-state index in [-0.39, 0.29) is 18.4 Å². The predicted octanol–water partition coefficient (Wildman–Crippen LogP) is 2.89. The maximum Gasteiger partial charge on any atom is 0.329 e. The zero-order valence-electron chi connectivity index (χ0n) is 17.0. The smallest absolute Gasteiger partial charge is 0.329 e. The number of methoxy groups -OCH3 is 1. The van der Waals surface area contributed by atoms with Crippen molar-refractivity contribution in [1.82, 2.24) is 10.6 Å². The largest absolute Gasteiger partial charge is 0.467 e. The quantitative estimate of drug-likeness (QED) is 0.608. The summed E-state index contributed by atoms with van der Waals surface area (Å²) in [6.45, 7) is -0.253. The fourth-order valence-corrected chi connectivity index (χ4v) is 4.04. The third-order valence-corrected chi connectivity index (χ3v) is 5.43. The Balaban J connectivity index is 1.55. The summed E-state index contributed by atoms with van der Waals surface area (Å²) in [6, 6.07) is 23.3. The number of nitrogens with one attached hydrogen (secondary N) is 2. The summed E-state index contributed by atoms with van der Waals surface area (Å²) >= 11 is 0. The predicted molar refractivity (Wildman–Crippen MR) is 116 cm³/mol. The van der Waals surface area contributed by atoms with E-state index in [1.807, 2.05) is 54.6 Å². The summed E-state index contributed by atoms with van der Waals surface area (Å²) in [5, 5.41) is 5.36. The van der Waals surface area contributed by atoms with Gasteiger partial charge in [-0.2, -0.15) is 0 Å². The van der Waals surface area contributed by atoms with Crippen LogP contribution in [0.5, 0.6) is 0 Å². The molecule has 0 saturated heterocycles. The highest BCUT2D eigenvalue weighted by Crippen LogP contribution is 2.46. The standard InChI is InChI=1S/C25H22N2O4/c1-31-25(30)23(27-21(28)15-26-24(29)16-9-3-2-4-10-16)22-19-13-7-5-11-17(19)18-12-6-8-14-20(18)22/h2-14,22-23H,15H2,1H3,(H,26,29)(H,27,28)/t23-/m1/s1. The van der Waals surface area contributed by atoms with Crippen molar-refractivity contribution in [2.24, 2.45) is 0 Å². The summed E-state index contributed by atoms with van der Waals surface area (Å²) in [5.41, 5.74) is 4.42. The van der Waals surface area contributed by atoms with Gasteiger partial charge in [-0.15, -0.1) is 0 Å². The monoisotopic (exact) mass is 414 g/mol. The Morgan fingerprint density at radius 2 is 1.39 bits per heavy atom. The van der Waals surface area contributed by atoms with Crippen LogP contribution in [0.2, 0.25) is 0 Å². The molecule has 0 bridgehead atoms. The molecule has 0 aromatic heterocycles. The average molecular weight is 414 g/mol. The lowest BCUT2D eigenvalue weighted by Crippen LogP contribution is -2.48. The van der Waals surface area contributed by atoms with Crippen molar-refractivity contribution in [1.29, 1.82) is 0 Å². The molecule has 4 rings (SSSR count). The van der Waals surface area contributed by atoms with Gasteiger partial charge in [0.15, 0.2) is 0 Å². The first-order valence-electron chi connectivity index (χ1n) is 9.99. The minimum atomic E-state index is -0.920. The Labute approximate surface area is 180 Å². The van der Waals surface area contributed by atoms with Crippen molar-refractivity contribution < 1.29 is 19.1 Å². The number of esters is 1. The minimum Gasteiger partial charge on any atom is -0.467 e. The summed E-state index contributed by atoms with van der Waals surface area (Å²) < 4.78 is 5.01. The Hall–Kier alpha value is -3.93. The number of carbonyl (C=O) groups is 3. The second kappa shape index (κ2) is 8.83. The maximum atomic E-state index is 12.7. The molecule has 0 saturated carbocycles. The van der Waals surface area contributed by atoms with Crippen molar-refractivity contribution in [3.8, 4) is 11.1 Å².